The molecule has 0 radical (unpaired) electrons. The summed E-state index contributed by atoms with van der Waals surface area (Å²) in [4.78, 5) is 11.0. The molecule has 7 heteroatoms. The maximum absolute atomic E-state index is 13.1. The van der Waals surface area contributed by atoms with Crippen molar-refractivity contribution in [1.29, 1.82) is 5.26 Å². The van der Waals surface area contributed by atoms with Crippen LogP contribution in [-0.2, 0) is 6.18 Å². The largest absolute Gasteiger partial charge is 0.475 e. The number of carboxylic acids is 1. The van der Waals surface area contributed by atoms with E-state index in [1.165, 1.54) is 6.07 Å². The molecule has 1 N–H and O–H groups in total. The number of nitriles is 1. The molecule has 1 aliphatic carbocycles. The number of carboxylic acid groups (broad SMARTS) is 1. The zero-order chi connectivity index (χ0) is 15.4. The smallest absolute Gasteiger partial charge is 0.420 e. The molecule has 2 aromatic rings. The summed E-state index contributed by atoms with van der Waals surface area (Å²) in [6.45, 7) is 0. The van der Waals surface area contributed by atoms with Crippen LogP contribution in [0.3, 0.4) is 0 Å². The monoisotopic (exact) mass is 295 g/mol. The van der Waals surface area contributed by atoms with Gasteiger partial charge in [-0.15, -0.1) is 0 Å². The van der Waals surface area contributed by atoms with Crippen molar-refractivity contribution in [3.05, 3.63) is 34.6 Å². The molecule has 0 aliphatic heterocycles. The van der Waals surface area contributed by atoms with Gasteiger partial charge in [0.05, 0.1) is 5.56 Å². The molecule has 4 nitrogen and oxygen atoms in total. The molecule has 0 amide bonds. The Labute approximate surface area is 116 Å². The highest BCUT2D eigenvalue weighted by Crippen LogP contribution is 2.45. The summed E-state index contributed by atoms with van der Waals surface area (Å²) in [5.74, 6) is -2.29. The number of hydrogen-bond donors (Lipinski definition) is 1. The third kappa shape index (κ3) is 2.13. The molecule has 1 aliphatic rings. The van der Waals surface area contributed by atoms with E-state index >= 15 is 0 Å². The van der Waals surface area contributed by atoms with Crippen molar-refractivity contribution in [3.63, 3.8) is 0 Å². The Balaban J connectivity index is 2.39. The van der Waals surface area contributed by atoms with Crippen LogP contribution in [0.25, 0.3) is 11.0 Å². The fourth-order valence-corrected chi connectivity index (χ4v) is 2.35. The van der Waals surface area contributed by atoms with Crippen LogP contribution in [0, 0.1) is 11.3 Å². The summed E-state index contributed by atoms with van der Waals surface area (Å²) in [5, 5.41) is 17.9. The second kappa shape index (κ2) is 4.25. The molecule has 0 saturated heterocycles. The highest BCUT2D eigenvalue weighted by molar-refractivity contribution is 5.98. The van der Waals surface area contributed by atoms with Crippen molar-refractivity contribution in [2.75, 3.05) is 0 Å². The average Bonchev–Trinajstić information content (AvgIpc) is 3.16. The van der Waals surface area contributed by atoms with Crippen LogP contribution < -0.4 is 0 Å². The molecule has 1 aromatic heterocycles. The predicted molar refractivity (Wildman–Crippen MR) is 64.9 cm³/mol. The molecule has 1 heterocycles. The van der Waals surface area contributed by atoms with Gasteiger partial charge in [0.15, 0.2) is 0 Å². The number of rotatable bonds is 2. The van der Waals surface area contributed by atoms with E-state index in [2.05, 4.69) is 0 Å². The zero-order valence-corrected chi connectivity index (χ0v) is 10.5. The van der Waals surface area contributed by atoms with Crippen LogP contribution in [0.1, 0.15) is 46.0 Å². The number of carbonyl (C=O) groups is 1. The van der Waals surface area contributed by atoms with Gasteiger partial charge in [-0.05, 0) is 36.5 Å². The standard InChI is InChI=1S/C14H8F3NO3/c15-14(16,17)10-4-7(6-1-2-6)3-8-9(5-18)12(13(19)20)21-11(8)10/h3-4,6H,1-2H2,(H,19,20). The number of hydrogen-bond acceptors (Lipinski definition) is 3. The SMILES string of the molecule is N#Cc1c(C(=O)O)oc2c(C(F)(F)F)cc(C3CC3)cc12. The van der Waals surface area contributed by atoms with Gasteiger partial charge in [-0.2, -0.15) is 18.4 Å². The molecule has 0 atom stereocenters. The predicted octanol–water partition coefficient (Wildman–Crippen LogP) is 3.90. The quantitative estimate of drug-likeness (QED) is 0.911. The first-order valence-electron chi connectivity index (χ1n) is 6.14. The van der Waals surface area contributed by atoms with E-state index in [9.17, 15) is 18.0 Å². The Morgan fingerprint density at radius 3 is 2.52 bits per heavy atom. The normalized spacial score (nSPS) is 15.1. The first kappa shape index (κ1) is 13.5. The lowest BCUT2D eigenvalue weighted by Crippen LogP contribution is -2.06. The number of furan rings is 1. The minimum atomic E-state index is -4.68. The van der Waals surface area contributed by atoms with Crippen molar-refractivity contribution in [2.45, 2.75) is 24.9 Å². The van der Waals surface area contributed by atoms with Crippen molar-refractivity contribution in [1.82, 2.24) is 0 Å². The minimum Gasteiger partial charge on any atom is -0.475 e. The highest BCUT2D eigenvalue weighted by Gasteiger charge is 2.38. The minimum absolute atomic E-state index is 0.0326. The molecule has 3 rings (SSSR count). The Bertz CT molecular complexity index is 794. The molecule has 21 heavy (non-hydrogen) atoms. The second-order valence-electron chi connectivity index (χ2n) is 4.94. The molecule has 0 bridgehead atoms. The van der Waals surface area contributed by atoms with E-state index in [1.54, 1.807) is 6.07 Å². The number of fused-ring (bicyclic) bond motifs is 1. The van der Waals surface area contributed by atoms with E-state index < -0.39 is 29.1 Å². The van der Waals surface area contributed by atoms with E-state index in [4.69, 9.17) is 14.8 Å². The van der Waals surface area contributed by atoms with Gasteiger partial charge in [-0.3, -0.25) is 0 Å². The van der Waals surface area contributed by atoms with E-state index in [-0.39, 0.29) is 16.9 Å². The van der Waals surface area contributed by atoms with Crippen molar-refractivity contribution in [3.8, 4) is 6.07 Å². The van der Waals surface area contributed by atoms with Gasteiger partial charge in [0, 0.05) is 5.39 Å². The van der Waals surface area contributed by atoms with E-state index in [0.29, 0.717) is 5.56 Å². The van der Waals surface area contributed by atoms with Crippen LogP contribution in [0.5, 0.6) is 0 Å². The fraction of sp³-hybridized carbons (Fsp3) is 0.286. The molecular formula is C14H8F3NO3. The first-order valence-corrected chi connectivity index (χ1v) is 6.14. The average molecular weight is 295 g/mol. The topological polar surface area (TPSA) is 74.2 Å². The molecular weight excluding hydrogens is 287 g/mol. The number of aromatic carboxylic acids is 1. The molecule has 1 fully saturated rings. The van der Waals surface area contributed by atoms with Crippen LogP contribution in [0.15, 0.2) is 16.5 Å². The summed E-state index contributed by atoms with van der Waals surface area (Å²) in [7, 11) is 0. The third-order valence-electron chi connectivity index (χ3n) is 3.47. The highest BCUT2D eigenvalue weighted by atomic mass is 19.4. The van der Waals surface area contributed by atoms with E-state index in [0.717, 1.165) is 18.9 Å². The number of halogens is 3. The van der Waals surface area contributed by atoms with Crippen molar-refractivity contribution >= 4 is 16.9 Å². The number of alkyl halides is 3. The zero-order valence-electron chi connectivity index (χ0n) is 10.5. The third-order valence-corrected chi connectivity index (χ3v) is 3.47. The van der Waals surface area contributed by atoms with Gasteiger partial charge < -0.3 is 9.52 Å². The van der Waals surface area contributed by atoms with E-state index in [1.807, 2.05) is 0 Å². The Kier molecular flexibility index (Phi) is 2.73. The van der Waals surface area contributed by atoms with Crippen LogP contribution >= 0.6 is 0 Å². The van der Waals surface area contributed by atoms with Gasteiger partial charge >= 0.3 is 12.1 Å². The Morgan fingerprint density at radius 2 is 2.05 bits per heavy atom. The molecule has 1 aromatic carbocycles. The lowest BCUT2D eigenvalue weighted by Gasteiger charge is -2.09. The van der Waals surface area contributed by atoms with Crippen molar-refractivity contribution < 1.29 is 27.5 Å². The van der Waals surface area contributed by atoms with Gasteiger partial charge in [-0.1, -0.05) is 0 Å². The second-order valence-corrected chi connectivity index (χ2v) is 4.94. The maximum Gasteiger partial charge on any atom is 0.420 e. The van der Waals surface area contributed by atoms with Gasteiger partial charge in [-0.25, -0.2) is 4.79 Å². The van der Waals surface area contributed by atoms with Crippen molar-refractivity contribution in [2.24, 2.45) is 0 Å². The molecule has 108 valence electrons. The van der Waals surface area contributed by atoms with Crippen LogP contribution in [0.4, 0.5) is 13.2 Å². The summed E-state index contributed by atoms with van der Waals surface area (Å²) in [5.41, 5.74) is -1.54. The summed E-state index contributed by atoms with van der Waals surface area (Å²) < 4.78 is 44.2. The number of nitrogens with zero attached hydrogens (tertiary/aromatic N) is 1. The lowest BCUT2D eigenvalue weighted by atomic mass is 10.0. The van der Waals surface area contributed by atoms with Crippen LogP contribution in [0.2, 0.25) is 0 Å². The van der Waals surface area contributed by atoms with Gasteiger partial charge in [0.25, 0.3) is 0 Å². The molecule has 0 spiro atoms. The first-order chi connectivity index (χ1) is 9.82. The maximum atomic E-state index is 13.1. The fourth-order valence-electron chi connectivity index (χ4n) is 2.35. The lowest BCUT2D eigenvalue weighted by molar-refractivity contribution is -0.136. The van der Waals surface area contributed by atoms with Crippen LogP contribution in [-0.4, -0.2) is 11.1 Å². The summed E-state index contributed by atoms with van der Waals surface area (Å²) in [6.07, 6.45) is -3.10. The number of benzene rings is 1. The Hall–Kier alpha value is -2.49. The molecule has 0 unspecified atom stereocenters. The summed E-state index contributed by atoms with van der Waals surface area (Å²) in [6, 6.07) is 4.03. The summed E-state index contributed by atoms with van der Waals surface area (Å²) >= 11 is 0. The molecule has 1 saturated carbocycles. The Morgan fingerprint density at radius 1 is 1.38 bits per heavy atom. The van der Waals surface area contributed by atoms with Gasteiger partial charge in [0.1, 0.15) is 17.2 Å². The van der Waals surface area contributed by atoms with Gasteiger partial charge in [0.2, 0.25) is 5.76 Å².